The normalized spacial score (nSPS) is 9.88. The van der Waals surface area contributed by atoms with Crippen LogP contribution in [0.1, 0.15) is 5.56 Å². The molecule has 122 valence electrons. The third-order valence-corrected chi connectivity index (χ3v) is 3.55. The minimum absolute atomic E-state index is 0.231. The van der Waals surface area contributed by atoms with Crippen LogP contribution in [0.15, 0.2) is 78.9 Å². The van der Waals surface area contributed by atoms with Crippen molar-refractivity contribution in [3.63, 3.8) is 0 Å². The molecule has 0 saturated heterocycles. The molecule has 0 atom stereocenters. The van der Waals surface area contributed by atoms with Gasteiger partial charge in [-0.2, -0.15) is 5.26 Å². The van der Waals surface area contributed by atoms with Gasteiger partial charge in [-0.25, -0.2) is 4.79 Å². The van der Waals surface area contributed by atoms with E-state index in [0.29, 0.717) is 11.3 Å². The first-order chi connectivity index (χ1) is 12.3. The Kier molecular flexibility index (Phi) is 5.08. The van der Waals surface area contributed by atoms with E-state index in [1.807, 2.05) is 54.6 Å². The van der Waals surface area contributed by atoms with Crippen molar-refractivity contribution in [1.29, 1.82) is 5.26 Å². The number of nitrogens with zero attached hydrogens (tertiary/aromatic N) is 1. The summed E-state index contributed by atoms with van der Waals surface area (Å²) in [5.41, 5.74) is 2.20. The fourth-order valence-corrected chi connectivity index (χ4v) is 2.39. The molecule has 0 heterocycles. The lowest BCUT2D eigenvalue weighted by Crippen LogP contribution is -2.18. The Hall–Kier alpha value is -3.58. The molecule has 3 aromatic rings. The molecule has 25 heavy (non-hydrogen) atoms. The van der Waals surface area contributed by atoms with Crippen LogP contribution in [0.5, 0.6) is 11.5 Å². The van der Waals surface area contributed by atoms with Gasteiger partial charge in [-0.1, -0.05) is 60.7 Å². The van der Waals surface area contributed by atoms with Crippen LogP contribution in [-0.2, 0) is 4.79 Å². The molecule has 3 rings (SSSR count). The van der Waals surface area contributed by atoms with Crippen LogP contribution < -0.4 is 9.47 Å². The van der Waals surface area contributed by atoms with E-state index in [0.717, 1.165) is 11.1 Å². The monoisotopic (exact) mass is 329 g/mol. The number of benzene rings is 3. The van der Waals surface area contributed by atoms with E-state index in [9.17, 15) is 4.79 Å². The fraction of sp³-hybridized carbons (Fsp3) is 0.0476. The van der Waals surface area contributed by atoms with Gasteiger partial charge in [0.15, 0.2) is 6.61 Å². The first-order valence-corrected chi connectivity index (χ1v) is 7.75. The summed E-state index contributed by atoms with van der Waals surface area (Å²) in [4.78, 5) is 12.0. The Morgan fingerprint density at radius 2 is 1.48 bits per heavy atom. The second-order valence-corrected chi connectivity index (χ2v) is 5.23. The lowest BCUT2D eigenvalue weighted by molar-refractivity contribution is -0.136. The Balaban J connectivity index is 1.70. The summed E-state index contributed by atoms with van der Waals surface area (Å²) in [5, 5.41) is 9.03. The van der Waals surface area contributed by atoms with E-state index in [-0.39, 0.29) is 12.4 Å². The molecule has 0 bridgehead atoms. The summed E-state index contributed by atoms with van der Waals surface area (Å²) in [5.74, 6) is 0.264. The Bertz CT molecular complexity index is 914. The summed E-state index contributed by atoms with van der Waals surface area (Å²) in [7, 11) is 0. The van der Waals surface area contributed by atoms with Gasteiger partial charge in [-0.05, 0) is 23.8 Å². The number of rotatable bonds is 5. The number of nitriles is 1. The van der Waals surface area contributed by atoms with Crippen LogP contribution in [0.3, 0.4) is 0 Å². The minimum atomic E-state index is -0.564. The van der Waals surface area contributed by atoms with Crippen molar-refractivity contribution in [3.8, 4) is 28.7 Å². The maximum absolute atomic E-state index is 12.0. The highest BCUT2D eigenvalue weighted by atomic mass is 16.6. The first-order valence-electron chi connectivity index (χ1n) is 7.75. The molecule has 4 heteroatoms. The summed E-state index contributed by atoms with van der Waals surface area (Å²) in [6.45, 7) is -0.246. The third kappa shape index (κ3) is 4.04. The maximum atomic E-state index is 12.0. The molecule has 0 radical (unpaired) electrons. The van der Waals surface area contributed by atoms with Crippen LogP contribution in [0, 0.1) is 11.3 Å². The topological polar surface area (TPSA) is 59.3 Å². The molecule has 0 aliphatic rings. The van der Waals surface area contributed by atoms with Crippen molar-refractivity contribution in [2.75, 3.05) is 6.61 Å². The van der Waals surface area contributed by atoms with Gasteiger partial charge in [0.2, 0.25) is 0 Å². The lowest BCUT2D eigenvalue weighted by Gasteiger charge is -2.11. The van der Waals surface area contributed by atoms with E-state index < -0.39 is 5.97 Å². The zero-order valence-corrected chi connectivity index (χ0v) is 13.4. The number of para-hydroxylation sites is 2. The van der Waals surface area contributed by atoms with Crippen LogP contribution in [0.4, 0.5) is 0 Å². The molecule has 0 aliphatic carbocycles. The molecule has 3 aromatic carbocycles. The minimum Gasteiger partial charge on any atom is -0.481 e. The summed E-state index contributed by atoms with van der Waals surface area (Å²) < 4.78 is 10.9. The first kappa shape index (κ1) is 16.3. The van der Waals surface area contributed by atoms with E-state index in [4.69, 9.17) is 14.7 Å². The number of hydrogen-bond donors (Lipinski definition) is 0. The molecule has 0 spiro atoms. The molecule has 4 nitrogen and oxygen atoms in total. The van der Waals surface area contributed by atoms with Gasteiger partial charge < -0.3 is 9.47 Å². The molecule has 0 N–H and O–H groups in total. The maximum Gasteiger partial charge on any atom is 0.349 e. The van der Waals surface area contributed by atoms with Crippen molar-refractivity contribution in [2.24, 2.45) is 0 Å². The average molecular weight is 329 g/mol. The Labute approximate surface area is 145 Å². The van der Waals surface area contributed by atoms with Crippen LogP contribution >= 0.6 is 0 Å². The molecule has 0 aliphatic heterocycles. The van der Waals surface area contributed by atoms with Crippen molar-refractivity contribution >= 4 is 5.97 Å². The van der Waals surface area contributed by atoms with Crippen LogP contribution in [-0.4, -0.2) is 12.6 Å². The molecule has 0 fully saturated rings. The standard InChI is InChI=1S/C21H15NO3/c22-14-17-10-4-6-12-19(17)25-21(23)15-24-20-13-7-5-11-18(20)16-8-2-1-3-9-16/h1-13H,15H2. The van der Waals surface area contributed by atoms with Crippen LogP contribution in [0.25, 0.3) is 11.1 Å². The van der Waals surface area contributed by atoms with Gasteiger partial charge >= 0.3 is 5.97 Å². The Morgan fingerprint density at radius 1 is 0.840 bits per heavy atom. The van der Waals surface area contributed by atoms with E-state index >= 15 is 0 Å². The van der Waals surface area contributed by atoms with Crippen molar-refractivity contribution in [2.45, 2.75) is 0 Å². The SMILES string of the molecule is N#Cc1ccccc1OC(=O)COc1ccccc1-c1ccccc1. The molecular weight excluding hydrogens is 314 g/mol. The zero-order valence-electron chi connectivity index (χ0n) is 13.4. The van der Waals surface area contributed by atoms with Crippen molar-refractivity contribution in [3.05, 3.63) is 84.4 Å². The lowest BCUT2D eigenvalue weighted by atomic mass is 10.1. The fourth-order valence-electron chi connectivity index (χ4n) is 2.39. The predicted molar refractivity (Wildman–Crippen MR) is 94.2 cm³/mol. The molecule has 0 amide bonds. The number of carbonyl (C=O) groups is 1. The van der Waals surface area contributed by atoms with E-state index in [1.54, 1.807) is 30.3 Å². The van der Waals surface area contributed by atoms with E-state index in [2.05, 4.69) is 0 Å². The molecule has 0 unspecified atom stereocenters. The van der Waals surface area contributed by atoms with Crippen molar-refractivity contribution in [1.82, 2.24) is 0 Å². The van der Waals surface area contributed by atoms with Gasteiger partial charge in [0, 0.05) is 5.56 Å². The largest absolute Gasteiger partial charge is 0.481 e. The Morgan fingerprint density at radius 3 is 2.24 bits per heavy atom. The van der Waals surface area contributed by atoms with Gasteiger partial charge in [0.05, 0.1) is 5.56 Å². The molecule has 0 saturated carbocycles. The molecular formula is C21H15NO3. The predicted octanol–water partition coefficient (Wildman–Crippen LogP) is 4.21. The van der Waals surface area contributed by atoms with Gasteiger partial charge in [-0.3, -0.25) is 0 Å². The van der Waals surface area contributed by atoms with Crippen LogP contribution in [0.2, 0.25) is 0 Å². The highest BCUT2D eigenvalue weighted by Gasteiger charge is 2.11. The summed E-state index contributed by atoms with van der Waals surface area (Å²) in [6, 6.07) is 25.8. The zero-order chi connectivity index (χ0) is 17.5. The highest BCUT2D eigenvalue weighted by Crippen LogP contribution is 2.29. The van der Waals surface area contributed by atoms with Crippen molar-refractivity contribution < 1.29 is 14.3 Å². The highest BCUT2D eigenvalue weighted by molar-refractivity contribution is 5.76. The average Bonchev–Trinajstić information content (AvgIpc) is 2.68. The van der Waals surface area contributed by atoms with Gasteiger partial charge in [0.25, 0.3) is 0 Å². The summed E-state index contributed by atoms with van der Waals surface area (Å²) in [6.07, 6.45) is 0. The smallest absolute Gasteiger partial charge is 0.349 e. The van der Waals surface area contributed by atoms with E-state index in [1.165, 1.54) is 0 Å². The van der Waals surface area contributed by atoms with Gasteiger partial charge in [-0.15, -0.1) is 0 Å². The molecule has 0 aromatic heterocycles. The third-order valence-electron chi connectivity index (χ3n) is 3.55. The number of carbonyl (C=O) groups excluding carboxylic acids is 1. The quantitative estimate of drug-likeness (QED) is 0.520. The number of ether oxygens (including phenoxy) is 2. The number of esters is 1. The number of hydrogen-bond acceptors (Lipinski definition) is 4. The summed E-state index contributed by atoms with van der Waals surface area (Å²) >= 11 is 0. The second-order valence-electron chi connectivity index (χ2n) is 5.23. The second kappa shape index (κ2) is 7.80. The van der Waals surface area contributed by atoms with Gasteiger partial charge in [0.1, 0.15) is 17.6 Å².